The Hall–Kier alpha value is -2.33. The number of carbonyl (C=O) groups excluding carboxylic acids is 1. The molecule has 2 aromatic carbocycles. The number of ether oxygens (including phenoxy) is 1. The van der Waals surface area contributed by atoms with E-state index in [4.69, 9.17) is 4.74 Å². The SMILES string of the molecule is CC(C(=O)Nc1ccccc1OCCc1ccccc1)C1CNC1. The van der Waals surface area contributed by atoms with E-state index >= 15 is 0 Å². The molecular weight excluding hydrogens is 300 g/mol. The number of carbonyl (C=O) groups is 1. The highest BCUT2D eigenvalue weighted by molar-refractivity contribution is 5.94. The first-order chi connectivity index (χ1) is 11.7. The van der Waals surface area contributed by atoms with Crippen molar-refractivity contribution in [2.24, 2.45) is 11.8 Å². The van der Waals surface area contributed by atoms with Crippen molar-refractivity contribution in [3.8, 4) is 5.75 Å². The molecule has 1 aliphatic heterocycles. The molecule has 0 saturated carbocycles. The van der Waals surface area contributed by atoms with Crippen LogP contribution in [0, 0.1) is 11.8 Å². The van der Waals surface area contributed by atoms with E-state index in [-0.39, 0.29) is 11.8 Å². The van der Waals surface area contributed by atoms with Gasteiger partial charge in [0.1, 0.15) is 5.75 Å². The number of nitrogens with one attached hydrogen (secondary N) is 2. The molecule has 2 N–H and O–H groups in total. The van der Waals surface area contributed by atoms with Crippen molar-refractivity contribution in [2.75, 3.05) is 25.0 Å². The summed E-state index contributed by atoms with van der Waals surface area (Å²) in [7, 11) is 0. The summed E-state index contributed by atoms with van der Waals surface area (Å²) in [4.78, 5) is 12.4. The van der Waals surface area contributed by atoms with Gasteiger partial charge in [-0.25, -0.2) is 0 Å². The molecule has 1 fully saturated rings. The zero-order valence-corrected chi connectivity index (χ0v) is 14.0. The minimum Gasteiger partial charge on any atom is -0.491 e. The van der Waals surface area contributed by atoms with Crippen LogP contribution in [-0.4, -0.2) is 25.6 Å². The van der Waals surface area contributed by atoms with Crippen LogP contribution in [-0.2, 0) is 11.2 Å². The zero-order chi connectivity index (χ0) is 16.8. The average Bonchev–Trinajstić information content (AvgIpc) is 2.56. The summed E-state index contributed by atoms with van der Waals surface area (Å²) in [5.74, 6) is 1.21. The van der Waals surface area contributed by atoms with Gasteiger partial charge < -0.3 is 15.4 Å². The Morgan fingerprint density at radius 3 is 2.58 bits per heavy atom. The molecule has 0 radical (unpaired) electrons. The Balaban J connectivity index is 1.57. The number of anilines is 1. The van der Waals surface area contributed by atoms with Crippen molar-refractivity contribution < 1.29 is 9.53 Å². The van der Waals surface area contributed by atoms with Gasteiger partial charge in [0.2, 0.25) is 5.91 Å². The van der Waals surface area contributed by atoms with E-state index in [0.29, 0.717) is 12.5 Å². The maximum atomic E-state index is 12.4. The first kappa shape index (κ1) is 16.5. The van der Waals surface area contributed by atoms with E-state index in [0.717, 1.165) is 30.9 Å². The van der Waals surface area contributed by atoms with Crippen molar-refractivity contribution >= 4 is 11.6 Å². The van der Waals surface area contributed by atoms with Gasteiger partial charge in [-0.2, -0.15) is 0 Å². The molecule has 1 amide bonds. The van der Waals surface area contributed by atoms with E-state index < -0.39 is 0 Å². The van der Waals surface area contributed by atoms with Gasteiger partial charge in [0.25, 0.3) is 0 Å². The number of benzene rings is 2. The monoisotopic (exact) mass is 324 g/mol. The van der Waals surface area contributed by atoms with E-state index in [1.54, 1.807) is 0 Å². The quantitative estimate of drug-likeness (QED) is 0.823. The number of rotatable bonds is 7. The first-order valence-corrected chi connectivity index (χ1v) is 8.51. The molecule has 0 spiro atoms. The van der Waals surface area contributed by atoms with E-state index in [1.165, 1.54) is 5.56 Å². The fourth-order valence-electron chi connectivity index (χ4n) is 2.74. The van der Waals surface area contributed by atoms with Crippen molar-refractivity contribution in [2.45, 2.75) is 13.3 Å². The minimum atomic E-state index is 0.00336. The largest absolute Gasteiger partial charge is 0.491 e. The summed E-state index contributed by atoms with van der Waals surface area (Å²) < 4.78 is 5.90. The molecule has 2 aromatic rings. The number of amides is 1. The topological polar surface area (TPSA) is 50.4 Å². The zero-order valence-electron chi connectivity index (χ0n) is 14.0. The standard InChI is InChI=1S/C20H24N2O2/c1-15(17-13-21-14-17)20(23)22-18-9-5-6-10-19(18)24-12-11-16-7-3-2-4-8-16/h2-10,15,17,21H,11-14H2,1H3,(H,22,23). The molecule has 4 nitrogen and oxygen atoms in total. The molecule has 0 aliphatic carbocycles. The third-order valence-electron chi connectivity index (χ3n) is 4.57. The predicted molar refractivity (Wildman–Crippen MR) is 96.2 cm³/mol. The van der Waals surface area contributed by atoms with Gasteiger partial charge in [0.05, 0.1) is 12.3 Å². The molecule has 126 valence electrons. The molecule has 0 bridgehead atoms. The number of hydrogen-bond donors (Lipinski definition) is 2. The van der Waals surface area contributed by atoms with Crippen LogP contribution in [0.5, 0.6) is 5.75 Å². The highest BCUT2D eigenvalue weighted by Crippen LogP contribution is 2.26. The second-order valence-corrected chi connectivity index (χ2v) is 6.28. The molecule has 1 saturated heterocycles. The molecule has 1 unspecified atom stereocenters. The maximum Gasteiger partial charge on any atom is 0.227 e. The van der Waals surface area contributed by atoms with E-state index in [9.17, 15) is 4.79 Å². The highest BCUT2D eigenvalue weighted by Gasteiger charge is 2.29. The average molecular weight is 324 g/mol. The van der Waals surface area contributed by atoms with Crippen LogP contribution in [0.2, 0.25) is 0 Å². The van der Waals surface area contributed by atoms with Crippen molar-refractivity contribution in [1.29, 1.82) is 0 Å². The summed E-state index contributed by atoms with van der Waals surface area (Å²) in [6, 6.07) is 17.9. The molecule has 3 rings (SSSR count). The summed E-state index contributed by atoms with van der Waals surface area (Å²) in [6.07, 6.45) is 0.841. The van der Waals surface area contributed by atoms with Crippen LogP contribution in [0.15, 0.2) is 54.6 Å². The molecule has 1 atom stereocenters. The van der Waals surface area contributed by atoms with Gasteiger partial charge in [-0.15, -0.1) is 0 Å². The lowest BCUT2D eigenvalue weighted by Gasteiger charge is -2.31. The Labute approximate surface area is 143 Å². The summed E-state index contributed by atoms with van der Waals surface area (Å²) >= 11 is 0. The first-order valence-electron chi connectivity index (χ1n) is 8.51. The van der Waals surface area contributed by atoms with Gasteiger partial charge in [-0.1, -0.05) is 49.4 Å². The van der Waals surface area contributed by atoms with Gasteiger partial charge in [-0.05, 0) is 36.7 Å². The van der Waals surface area contributed by atoms with Gasteiger partial charge in [0.15, 0.2) is 0 Å². The van der Waals surface area contributed by atoms with Crippen LogP contribution in [0.25, 0.3) is 0 Å². The Morgan fingerprint density at radius 2 is 1.88 bits per heavy atom. The number of hydrogen-bond acceptors (Lipinski definition) is 3. The summed E-state index contributed by atoms with van der Waals surface area (Å²) in [5, 5.41) is 6.23. The lowest BCUT2D eigenvalue weighted by atomic mass is 9.88. The summed E-state index contributed by atoms with van der Waals surface area (Å²) in [5.41, 5.74) is 1.99. The van der Waals surface area contributed by atoms with Crippen molar-refractivity contribution in [3.05, 3.63) is 60.2 Å². The lowest BCUT2D eigenvalue weighted by Crippen LogP contribution is -2.48. The molecule has 0 aromatic heterocycles. The molecule has 24 heavy (non-hydrogen) atoms. The lowest BCUT2D eigenvalue weighted by molar-refractivity contribution is -0.121. The van der Waals surface area contributed by atoms with Crippen LogP contribution in [0.1, 0.15) is 12.5 Å². The summed E-state index contributed by atoms with van der Waals surface area (Å²) in [6.45, 7) is 4.41. The molecule has 4 heteroatoms. The van der Waals surface area contributed by atoms with E-state index in [2.05, 4.69) is 22.8 Å². The fraction of sp³-hybridized carbons (Fsp3) is 0.350. The Morgan fingerprint density at radius 1 is 1.17 bits per heavy atom. The number of para-hydroxylation sites is 2. The third-order valence-corrected chi connectivity index (χ3v) is 4.57. The smallest absolute Gasteiger partial charge is 0.227 e. The molecule has 1 aliphatic rings. The van der Waals surface area contributed by atoms with Crippen molar-refractivity contribution in [1.82, 2.24) is 5.32 Å². The maximum absolute atomic E-state index is 12.4. The van der Waals surface area contributed by atoms with Gasteiger partial charge >= 0.3 is 0 Å². The second kappa shape index (κ2) is 7.97. The van der Waals surface area contributed by atoms with Gasteiger partial charge in [-0.3, -0.25) is 4.79 Å². The highest BCUT2D eigenvalue weighted by atomic mass is 16.5. The third kappa shape index (κ3) is 4.15. The normalized spacial score (nSPS) is 15.4. The fourth-order valence-corrected chi connectivity index (χ4v) is 2.74. The predicted octanol–water partition coefficient (Wildman–Crippen LogP) is 3.10. The van der Waals surface area contributed by atoms with Crippen LogP contribution in [0.4, 0.5) is 5.69 Å². The van der Waals surface area contributed by atoms with Crippen LogP contribution in [0.3, 0.4) is 0 Å². The Kier molecular flexibility index (Phi) is 5.49. The van der Waals surface area contributed by atoms with E-state index in [1.807, 2.05) is 49.4 Å². The van der Waals surface area contributed by atoms with Gasteiger partial charge in [0, 0.05) is 12.3 Å². The molecular formula is C20H24N2O2. The van der Waals surface area contributed by atoms with Crippen molar-refractivity contribution in [3.63, 3.8) is 0 Å². The minimum absolute atomic E-state index is 0.00336. The van der Waals surface area contributed by atoms with Crippen LogP contribution >= 0.6 is 0 Å². The second-order valence-electron chi connectivity index (χ2n) is 6.28. The van der Waals surface area contributed by atoms with Crippen LogP contribution < -0.4 is 15.4 Å². The molecule has 1 heterocycles. The Bertz CT molecular complexity index is 668.